The van der Waals surface area contributed by atoms with Gasteiger partial charge in [0.2, 0.25) is 0 Å². The highest BCUT2D eigenvalue weighted by Crippen LogP contribution is 2.23. The molecule has 3 aromatic rings. The highest BCUT2D eigenvalue weighted by Gasteiger charge is 2.18. The second-order valence-corrected chi connectivity index (χ2v) is 6.43. The van der Waals surface area contributed by atoms with Crippen LogP contribution in [0.4, 0.5) is 8.78 Å². The molecule has 1 heterocycles. The van der Waals surface area contributed by atoms with Gasteiger partial charge in [-0.15, -0.1) is 0 Å². The highest BCUT2D eigenvalue weighted by molar-refractivity contribution is 9.10. The summed E-state index contributed by atoms with van der Waals surface area (Å²) in [6.45, 7) is -3.63. The van der Waals surface area contributed by atoms with Crippen LogP contribution >= 0.6 is 15.9 Å². The minimum absolute atomic E-state index is 0.0706. The summed E-state index contributed by atoms with van der Waals surface area (Å²) in [5, 5.41) is 2.41. The number of halogens is 3. The molecule has 1 N–H and O–H groups in total. The molecule has 0 fully saturated rings. The van der Waals surface area contributed by atoms with Crippen molar-refractivity contribution in [1.29, 1.82) is 0 Å². The first-order valence-corrected chi connectivity index (χ1v) is 8.68. The van der Waals surface area contributed by atoms with Crippen LogP contribution in [0.15, 0.2) is 53.0 Å². The van der Waals surface area contributed by atoms with Gasteiger partial charge in [0.25, 0.3) is 5.91 Å². The molecule has 0 saturated carbocycles. The lowest BCUT2D eigenvalue weighted by Crippen LogP contribution is -2.30. The molecule has 0 saturated heterocycles. The fourth-order valence-electron chi connectivity index (χ4n) is 2.47. The number of amides is 1. The molecule has 1 amide bonds. The molecule has 0 unspecified atom stereocenters. The van der Waals surface area contributed by atoms with Crippen molar-refractivity contribution >= 4 is 38.8 Å². The van der Waals surface area contributed by atoms with Crippen LogP contribution < -0.4 is 5.32 Å². The van der Waals surface area contributed by atoms with Crippen molar-refractivity contribution in [3.8, 4) is 0 Å². The van der Waals surface area contributed by atoms with E-state index in [-0.39, 0.29) is 17.9 Å². The van der Waals surface area contributed by atoms with Gasteiger partial charge < -0.3 is 10.1 Å². The van der Waals surface area contributed by atoms with Gasteiger partial charge in [0.15, 0.2) is 5.82 Å². The summed E-state index contributed by atoms with van der Waals surface area (Å²) in [5.41, 5.74) is 1.01. The van der Waals surface area contributed by atoms with E-state index in [2.05, 4.69) is 26.2 Å². The molecule has 2 aromatic carbocycles. The highest BCUT2D eigenvalue weighted by atomic mass is 79.9. The molecular weight excluding hydrogens is 424 g/mol. The minimum atomic E-state index is -2.82. The molecule has 0 aliphatic carbocycles. The smallest absolute Gasteiger partial charge is 0.325 e. The molecule has 27 heavy (non-hydrogen) atoms. The topological polar surface area (TPSA) is 73.2 Å². The van der Waals surface area contributed by atoms with E-state index in [0.717, 1.165) is 4.47 Å². The Hall–Kier alpha value is -2.81. The van der Waals surface area contributed by atoms with Crippen molar-refractivity contribution in [1.82, 2.24) is 14.9 Å². The van der Waals surface area contributed by atoms with Gasteiger partial charge >= 0.3 is 12.5 Å². The second kappa shape index (κ2) is 8.26. The number of carbonyl (C=O) groups excluding carboxylic acids is 2. The van der Waals surface area contributed by atoms with Crippen LogP contribution in [0.1, 0.15) is 22.7 Å². The van der Waals surface area contributed by atoms with Gasteiger partial charge in [-0.2, -0.15) is 8.78 Å². The third-order valence-corrected chi connectivity index (χ3v) is 4.25. The number of aromatic nitrogens is 2. The van der Waals surface area contributed by atoms with Crippen molar-refractivity contribution in [2.75, 3.05) is 6.54 Å². The Morgan fingerprint density at radius 2 is 1.85 bits per heavy atom. The zero-order chi connectivity index (χ0) is 19.4. The molecule has 0 bridgehead atoms. The zero-order valence-corrected chi connectivity index (χ0v) is 15.4. The predicted molar refractivity (Wildman–Crippen MR) is 97.3 cm³/mol. The number of nitrogens with zero attached hydrogens (tertiary/aromatic N) is 2. The average Bonchev–Trinajstić information content (AvgIpc) is 3.03. The number of hydrogen-bond acceptors (Lipinski definition) is 4. The molecule has 0 radical (unpaired) electrons. The molecule has 3 rings (SSSR count). The van der Waals surface area contributed by atoms with Crippen LogP contribution in [-0.2, 0) is 16.1 Å². The Morgan fingerprint density at radius 1 is 1.15 bits per heavy atom. The fourth-order valence-corrected chi connectivity index (χ4v) is 2.73. The SMILES string of the molecule is O=C(CNC(=O)c1ccc(Br)cc1)OCc1nc2ccccc2n1C(F)F. The first kappa shape index (κ1) is 19.0. The molecule has 0 atom stereocenters. The summed E-state index contributed by atoms with van der Waals surface area (Å²) < 4.78 is 33.1. The van der Waals surface area contributed by atoms with E-state index in [9.17, 15) is 18.4 Å². The van der Waals surface area contributed by atoms with Gasteiger partial charge in [-0.1, -0.05) is 28.1 Å². The number of rotatable bonds is 6. The number of alkyl halides is 2. The van der Waals surface area contributed by atoms with Gasteiger partial charge in [0.05, 0.1) is 11.0 Å². The lowest BCUT2D eigenvalue weighted by atomic mass is 10.2. The van der Waals surface area contributed by atoms with Crippen molar-refractivity contribution in [3.63, 3.8) is 0 Å². The van der Waals surface area contributed by atoms with Crippen molar-refractivity contribution in [3.05, 3.63) is 64.4 Å². The van der Waals surface area contributed by atoms with Crippen molar-refractivity contribution < 1.29 is 23.1 Å². The molecule has 0 aliphatic rings. The Balaban J connectivity index is 1.59. The first-order chi connectivity index (χ1) is 13.0. The molecular formula is C18H14BrF2N3O3. The van der Waals surface area contributed by atoms with Crippen LogP contribution in [-0.4, -0.2) is 28.0 Å². The number of para-hydroxylation sites is 2. The number of carbonyl (C=O) groups is 2. The Morgan fingerprint density at radius 3 is 2.56 bits per heavy atom. The molecule has 0 spiro atoms. The van der Waals surface area contributed by atoms with Gasteiger partial charge in [0.1, 0.15) is 13.2 Å². The number of esters is 1. The van der Waals surface area contributed by atoms with Crippen LogP contribution in [0.2, 0.25) is 0 Å². The third kappa shape index (κ3) is 4.48. The quantitative estimate of drug-likeness (QED) is 0.597. The van der Waals surface area contributed by atoms with Crippen molar-refractivity contribution in [2.45, 2.75) is 13.2 Å². The Labute approximate surface area is 161 Å². The van der Waals surface area contributed by atoms with Crippen LogP contribution in [0.25, 0.3) is 11.0 Å². The molecule has 1 aromatic heterocycles. The zero-order valence-electron chi connectivity index (χ0n) is 13.9. The van der Waals surface area contributed by atoms with E-state index in [1.54, 1.807) is 42.5 Å². The maximum Gasteiger partial charge on any atom is 0.325 e. The summed E-state index contributed by atoms with van der Waals surface area (Å²) in [7, 11) is 0. The third-order valence-electron chi connectivity index (χ3n) is 3.73. The number of imidazole rings is 1. The molecule has 0 aliphatic heterocycles. The Bertz CT molecular complexity index is 974. The lowest BCUT2D eigenvalue weighted by molar-refractivity contribution is -0.144. The number of benzene rings is 2. The van der Waals surface area contributed by atoms with E-state index >= 15 is 0 Å². The number of hydrogen-bond donors (Lipinski definition) is 1. The summed E-state index contributed by atoms with van der Waals surface area (Å²) in [6, 6.07) is 13.0. The molecule has 140 valence electrons. The maximum atomic E-state index is 13.3. The van der Waals surface area contributed by atoms with Crippen LogP contribution in [0, 0.1) is 0 Å². The fraction of sp³-hybridized carbons (Fsp3) is 0.167. The standard InChI is InChI=1S/C18H14BrF2N3O3/c19-12-7-5-11(6-8-12)17(26)22-9-16(25)27-10-15-23-13-3-1-2-4-14(13)24(15)18(20)21/h1-8,18H,9-10H2,(H,22,26). The van der Waals surface area contributed by atoms with Gasteiger partial charge in [-0.05, 0) is 36.4 Å². The summed E-state index contributed by atoms with van der Waals surface area (Å²) in [5.74, 6) is -1.27. The summed E-state index contributed by atoms with van der Waals surface area (Å²) in [6.07, 6.45) is 0. The van der Waals surface area contributed by atoms with Gasteiger partial charge in [-0.25, -0.2) is 4.98 Å². The minimum Gasteiger partial charge on any atom is -0.456 e. The van der Waals surface area contributed by atoms with E-state index in [1.165, 1.54) is 6.07 Å². The number of nitrogens with one attached hydrogen (secondary N) is 1. The van der Waals surface area contributed by atoms with E-state index in [4.69, 9.17) is 4.74 Å². The maximum absolute atomic E-state index is 13.3. The second-order valence-electron chi connectivity index (χ2n) is 5.51. The largest absolute Gasteiger partial charge is 0.456 e. The van der Waals surface area contributed by atoms with Crippen LogP contribution in [0.3, 0.4) is 0 Å². The molecule has 9 heteroatoms. The van der Waals surface area contributed by atoms with Gasteiger partial charge in [0, 0.05) is 10.0 Å². The van der Waals surface area contributed by atoms with Gasteiger partial charge in [-0.3, -0.25) is 14.2 Å². The number of ether oxygens (including phenoxy) is 1. The normalized spacial score (nSPS) is 11.0. The predicted octanol–water partition coefficient (Wildman–Crippen LogP) is 3.67. The summed E-state index contributed by atoms with van der Waals surface area (Å²) in [4.78, 5) is 27.9. The van der Waals surface area contributed by atoms with E-state index in [0.29, 0.717) is 15.6 Å². The average molecular weight is 438 g/mol. The van der Waals surface area contributed by atoms with Crippen LogP contribution in [0.5, 0.6) is 0 Å². The monoisotopic (exact) mass is 437 g/mol. The number of fused-ring (bicyclic) bond motifs is 1. The van der Waals surface area contributed by atoms with Crippen molar-refractivity contribution in [2.24, 2.45) is 0 Å². The molecule has 6 nitrogen and oxygen atoms in total. The Kier molecular flexibility index (Phi) is 5.80. The van der Waals surface area contributed by atoms with E-state index < -0.39 is 25.0 Å². The lowest BCUT2D eigenvalue weighted by Gasteiger charge is -2.09. The van der Waals surface area contributed by atoms with E-state index in [1.807, 2.05) is 0 Å². The first-order valence-electron chi connectivity index (χ1n) is 7.89. The summed E-state index contributed by atoms with van der Waals surface area (Å²) >= 11 is 3.26.